The van der Waals surface area contributed by atoms with Gasteiger partial charge in [-0.2, -0.15) is 0 Å². The normalized spacial score (nSPS) is 11.9. The molecular weight excluding hydrogens is 861 g/mol. The standard InChI is InChI=1S/C61H48GeN4/c1-61(2,3)47-37-39-56-53(42-47)52-34-19-20-35-55(52)66(56)57-38-36-46(41-54(57)60-64-58(43-22-9-4-10-23-43)63-59(65-60)44-24-11-5-12-25-44)45-26-21-33-51(40-45)62(48-27-13-6-14-28-48,49-29-15-7-16-30-49)50-31-17-8-18-32-50/h4-42H,1-3H3. The second-order valence-corrected chi connectivity index (χ2v) is 26.0. The van der Waals surface area contributed by atoms with Crippen molar-refractivity contribution in [3.63, 3.8) is 0 Å². The van der Waals surface area contributed by atoms with Crippen molar-refractivity contribution < 1.29 is 0 Å². The predicted octanol–water partition coefficient (Wildman–Crippen LogP) is 12.3. The summed E-state index contributed by atoms with van der Waals surface area (Å²) in [6.45, 7) is 6.84. The number of hydrogen-bond donors (Lipinski definition) is 0. The van der Waals surface area contributed by atoms with E-state index in [2.05, 4.69) is 226 Å². The zero-order chi connectivity index (χ0) is 44.7. The van der Waals surface area contributed by atoms with Crippen LogP contribution in [0.25, 0.3) is 72.8 Å². The Balaban J connectivity index is 1.19. The Morgan fingerprint density at radius 1 is 0.348 bits per heavy atom. The molecule has 0 aliphatic carbocycles. The maximum atomic E-state index is 5.36. The van der Waals surface area contributed by atoms with E-state index >= 15 is 0 Å². The second-order valence-electron chi connectivity index (χ2n) is 18.0. The van der Waals surface area contributed by atoms with Crippen LogP contribution in [0.15, 0.2) is 237 Å². The van der Waals surface area contributed by atoms with Crippen molar-refractivity contribution in [2.75, 3.05) is 0 Å². The van der Waals surface area contributed by atoms with Gasteiger partial charge in [-0.15, -0.1) is 0 Å². The Bertz CT molecular complexity index is 3340. The monoisotopic (exact) mass is 910 g/mol. The Kier molecular flexibility index (Phi) is 10.6. The minimum atomic E-state index is -3.57. The van der Waals surface area contributed by atoms with Gasteiger partial charge in [0, 0.05) is 0 Å². The third-order valence-electron chi connectivity index (χ3n) is 13.0. The van der Waals surface area contributed by atoms with Gasteiger partial charge in [-0.1, -0.05) is 32.9 Å². The van der Waals surface area contributed by atoms with Crippen LogP contribution in [0.2, 0.25) is 0 Å². The van der Waals surface area contributed by atoms with E-state index in [0.717, 1.165) is 44.5 Å². The first kappa shape index (κ1) is 41.1. The molecule has 0 amide bonds. The second kappa shape index (κ2) is 17.0. The number of benzene rings is 9. The molecule has 11 rings (SSSR count). The van der Waals surface area contributed by atoms with E-state index in [4.69, 9.17) is 15.0 Å². The molecule has 0 radical (unpaired) electrons. The average molecular weight is 910 g/mol. The van der Waals surface area contributed by atoms with Gasteiger partial charge in [-0.3, -0.25) is 0 Å². The number of fused-ring (bicyclic) bond motifs is 3. The molecule has 0 aliphatic heterocycles. The summed E-state index contributed by atoms with van der Waals surface area (Å²) in [7, 11) is 0. The van der Waals surface area contributed by atoms with E-state index in [9.17, 15) is 0 Å². The van der Waals surface area contributed by atoms with E-state index < -0.39 is 13.3 Å². The molecule has 316 valence electrons. The van der Waals surface area contributed by atoms with Gasteiger partial charge >= 0.3 is 353 Å². The molecule has 2 aromatic heterocycles. The maximum absolute atomic E-state index is 5.36. The van der Waals surface area contributed by atoms with Crippen LogP contribution in [-0.2, 0) is 5.41 Å². The molecule has 11 aromatic rings. The fraction of sp³-hybridized carbons (Fsp3) is 0.0656. The Morgan fingerprint density at radius 2 is 0.803 bits per heavy atom. The third-order valence-corrected chi connectivity index (χ3v) is 23.0. The summed E-state index contributed by atoms with van der Waals surface area (Å²) >= 11 is -3.57. The molecule has 0 saturated carbocycles. The van der Waals surface area contributed by atoms with E-state index in [1.165, 1.54) is 33.9 Å². The first-order chi connectivity index (χ1) is 32.4. The number of nitrogens with zero attached hydrogens (tertiary/aromatic N) is 4. The van der Waals surface area contributed by atoms with Crippen LogP contribution in [0, 0.1) is 0 Å². The Hall–Kier alpha value is -7.67. The summed E-state index contributed by atoms with van der Waals surface area (Å²) < 4.78 is 7.92. The zero-order valence-electron chi connectivity index (χ0n) is 37.3. The van der Waals surface area contributed by atoms with Crippen molar-refractivity contribution in [1.29, 1.82) is 0 Å². The van der Waals surface area contributed by atoms with Gasteiger partial charge in [0.1, 0.15) is 0 Å². The molecule has 66 heavy (non-hydrogen) atoms. The van der Waals surface area contributed by atoms with Gasteiger partial charge in [0.05, 0.1) is 0 Å². The van der Waals surface area contributed by atoms with Crippen LogP contribution in [0.4, 0.5) is 0 Å². The Morgan fingerprint density at radius 3 is 1.36 bits per heavy atom. The van der Waals surface area contributed by atoms with Gasteiger partial charge in [-0.05, 0) is 5.41 Å². The van der Waals surface area contributed by atoms with Crippen molar-refractivity contribution >= 4 is 52.7 Å². The minimum absolute atomic E-state index is 0.00568. The van der Waals surface area contributed by atoms with Crippen molar-refractivity contribution in [2.24, 2.45) is 0 Å². The molecule has 0 atom stereocenters. The molecule has 0 N–H and O–H groups in total. The van der Waals surface area contributed by atoms with Gasteiger partial charge in [0.15, 0.2) is 0 Å². The van der Waals surface area contributed by atoms with E-state index in [1.807, 2.05) is 36.4 Å². The fourth-order valence-corrected chi connectivity index (χ4v) is 19.8. The van der Waals surface area contributed by atoms with E-state index in [-0.39, 0.29) is 5.41 Å². The third kappa shape index (κ3) is 7.34. The van der Waals surface area contributed by atoms with Crippen LogP contribution in [0.5, 0.6) is 0 Å². The van der Waals surface area contributed by atoms with Gasteiger partial charge in [0.25, 0.3) is 0 Å². The fourth-order valence-electron chi connectivity index (χ4n) is 9.71. The SMILES string of the molecule is CC(C)(C)c1ccc2c(c1)c1ccccc1n2-c1ccc(-c2ccc[c]([Ge]([c]3ccccc3)([c]3ccccc3)[c]3ccccc3)c2)cc1-c1nc(-c2ccccc2)nc(-c2ccccc2)n1. The summed E-state index contributed by atoms with van der Waals surface area (Å²) in [5.41, 5.74) is 9.55. The predicted molar refractivity (Wildman–Crippen MR) is 278 cm³/mol. The molecule has 0 bridgehead atoms. The first-order valence-electron chi connectivity index (χ1n) is 22.7. The zero-order valence-corrected chi connectivity index (χ0v) is 39.4. The molecular formula is C61H48GeN4. The Labute approximate surface area is 389 Å². The molecule has 0 unspecified atom stereocenters. The molecule has 0 fully saturated rings. The summed E-state index contributed by atoms with van der Waals surface area (Å²) in [5, 5.41) is 2.43. The average Bonchev–Trinajstić information content (AvgIpc) is 3.71. The van der Waals surface area contributed by atoms with Crippen molar-refractivity contribution in [3.05, 3.63) is 242 Å². The van der Waals surface area contributed by atoms with Crippen LogP contribution in [-0.4, -0.2) is 32.8 Å². The number of aromatic nitrogens is 4. The van der Waals surface area contributed by atoms with Crippen LogP contribution < -0.4 is 17.6 Å². The van der Waals surface area contributed by atoms with E-state index in [0.29, 0.717) is 17.5 Å². The molecule has 0 aliphatic rings. The van der Waals surface area contributed by atoms with Crippen LogP contribution >= 0.6 is 0 Å². The molecule has 2 heterocycles. The van der Waals surface area contributed by atoms with Crippen LogP contribution in [0.1, 0.15) is 26.3 Å². The molecule has 5 heteroatoms. The topological polar surface area (TPSA) is 43.6 Å². The van der Waals surface area contributed by atoms with Crippen molar-refractivity contribution in [2.45, 2.75) is 26.2 Å². The first-order valence-corrected chi connectivity index (χ1v) is 26.9. The van der Waals surface area contributed by atoms with E-state index in [1.54, 1.807) is 0 Å². The summed E-state index contributed by atoms with van der Waals surface area (Å²) in [6.07, 6.45) is 0. The molecule has 0 spiro atoms. The molecule has 9 aromatic carbocycles. The van der Waals surface area contributed by atoms with Gasteiger partial charge < -0.3 is 0 Å². The van der Waals surface area contributed by atoms with Crippen molar-refractivity contribution in [3.8, 4) is 51.0 Å². The van der Waals surface area contributed by atoms with Gasteiger partial charge in [0.2, 0.25) is 0 Å². The number of para-hydroxylation sites is 1. The van der Waals surface area contributed by atoms with Gasteiger partial charge in [-0.25, -0.2) is 0 Å². The van der Waals surface area contributed by atoms with Crippen molar-refractivity contribution in [1.82, 2.24) is 19.5 Å². The molecule has 4 nitrogen and oxygen atoms in total. The number of rotatable bonds is 9. The summed E-state index contributed by atoms with van der Waals surface area (Å²) in [5.74, 6) is 1.86. The van der Waals surface area contributed by atoms with Crippen LogP contribution in [0.3, 0.4) is 0 Å². The molecule has 0 saturated heterocycles. The number of hydrogen-bond acceptors (Lipinski definition) is 3. The summed E-state index contributed by atoms with van der Waals surface area (Å²) in [6, 6.07) is 85.9. The summed E-state index contributed by atoms with van der Waals surface area (Å²) in [4.78, 5) is 15.8. The quantitative estimate of drug-likeness (QED) is 0.136.